The van der Waals surface area contributed by atoms with Crippen molar-refractivity contribution in [2.45, 2.75) is 18.9 Å². The Kier molecular flexibility index (Phi) is 3.65. The molecule has 1 aromatic heterocycles. The van der Waals surface area contributed by atoms with Crippen LogP contribution in [-0.4, -0.2) is 28.5 Å². The van der Waals surface area contributed by atoms with Crippen LogP contribution in [0.1, 0.15) is 18.0 Å². The van der Waals surface area contributed by atoms with Gasteiger partial charge in [0.1, 0.15) is 0 Å². The van der Waals surface area contributed by atoms with Crippen LogP contribution in [0.3, 0.4) is 0 Å². The minimum atomic E-state index is 0. The maximum absolute atomic E-state index is 11.8. The molecule has 5 nitrogen and oxygen atoms in total. The van der Waals surface area contributed by atoms with Crippen molar-refractivity contribution in [3.8, 4) is 0 Å². The summed E-state index contributed by atoms with van der Waals surface area (Å²) in [6, 6.07) is 5.46. The Labute approximate surface area is 122 Å². The van der Waals surface area contributed by atoms with Crippen LogP contribution in [0.15, 0.2) is 23.0 Å². The summed E-state index contributed by atoms with van der Waals surface area (Å²) in [5, 5.41) is 7.53. The number of piperidine rings is 1. The lowest BCUT2D eigenvalue weighted by molar-refractivity contribution is 0.176. The lowest BCUT2D eigenvalue weighted by atomic mass is 9.83. The number of likely N-dealkylation sites (tertiary alicyclic amines) is 1. The van der Waals surface area contributed by atoms with Gasteiger partial charge in [0, 0.05) is 37.3 Å². The maximum Gasteiger partial charge on any atom is 0.250 e. The smallest absolute Gasteiger partial charge is 0.250 e. The van der Waals surface area contributed by atoms with Crippen molar-refractivity contribution in [1.82, 2.24) is 9.47 Å². The molecule has 0 saturated carbocycles. The quantitative estimate of drug-likeness (QED) is 0.408. The lowest BCUT2D eigenvalue weighted by Gasteiger charge is -2.42. The second-order valence-corrected chi connectivity index (χ2v) is 4.99. The number of nitrogens with two attached hydrogens (primary N) is 1. The molecule has 0 spiro atoms. The average Bonchev–Trinajstić information content (AvgIpc) is 2.30. The van der Waals surface area contributed by atoms with Gasteiger partial charge in [0.15, 0.2) is 5.96 Å². The summed E-state index contributed by atoms with van der Waals surface area (Å²) < 4.78 is 1.89. The van der Waals surface area contributed by atoms with E-state index in [0.29, 0.717) is 11.8 Å². The summed E-state index contributed by atoms with van der Waals surface area (Å²) in [5.74, 6) is 0.914. The summed E-state index contributed by atoms with van der Waals surface area (Å²) >= 11 is 0. The summed E-state index contributed by atoms with van der Waals surface area (Å²) in [4.78, 5) is 13.7. The molecule has 0 amide bonds. The van der Waals surface area contributed by atoms with Crippen LogP contribution < -0.4 is 11.3 Å². The molecule has 1 fully saturated rings. The molecule has 0 aromatic carbocycles. The van der Waals surface area contributed by atoms with Gasteiger partial charge in [-0.3, -0.25) is 10.2 Å². The first-order valence-electron chi connectivity index (χ1n) is 5.94. The van der Waals surface area contributed by atoms with E-state index in [1.807, 2.05) is 21.6 Å². The van der Waals surface area contributed by atoms with Crippen LogP contribution in [0, 0.1) is 11.3 Å². The Morgan fingerprint density at radius 2 is 2.11 bits per heavy atom. The van der Waals surface area contributed by atoms with Crippen molar-refractivity contribution in [1.29, 1.82) is 5.41 Å². The normalized spacial score (nSPS) is 25.0. The van der Waals surface area contributed by atoms with Crippen molar-refractivity contribution in [3.05, 3.63) is 34.2 Å². The third-order valence-electron chi connectivity index (χ3n) is 3.82. The number of hydrogen-bond acceptors (Lipinski definition) is 2. The van der Waals surface area contributed by atoms with Crippen molar-refractivity contribution < 1.29 is 0 Å². The zero-order valence-corrected chi connectivity index (χ0v) is 12.3. The van der Waals surface area contributed by atoms with E-state index in [2.05, 4.69) is 0 Å². The topological polar surface area (TPSA) is 75.1 Å². The second-order valence-electron chi connectivity index (χ2n) is 4.99. The maximum atomic E-state index is 11.8. The monoisotopic (exact) mass is 360 g/mol. The Morgan fingerprint density at radius 1 is 1.33 bits per heavy atom. The first kappa shape index (κ1) is 13.4. The predicted octanol–water partition coefficient (Wildman–Crippen LogP) is 0.779. The summed E-state index contributed by atoms with van der Waals surface area (Å²) in [6.45, 7) is 2.32. The molecule has 2 unspecified atom stereocenters. The molecule has 0 aliphatic carbocycles. The molecule has 0 radical (unpaired) electrons. The van der Waals surface area contributed by atoms with Crippen LogP contribution in [0.4, 0.5) is 0 Å². The molecular formula is C12H17IN4O. The molecule has 2 atom stereocenters. The van der Waals surface area contributed by atoms with E-state index in [1.165, 1.54) is 0 Å². The Balaban J connectivity index is 0.00000120. The molecule has 1 aromatic rings. The van der Waals surface area contributed by atoms with Gasteiger partial charge >= 0.3 is 0 Å². The Bertz CT molecular complexity index is 527. The first-order valence-corrected chi connectivity index (χ1v) is 5.94. The predicted molar refractivity (Wildman–Crippen MR) is 80.5 cm³/mol. The fourth-order valence-electron chi connectivity index (χ4n) is 3.09. The molecular weight excluding hydrogens is 343 g/mol. The number of fused-ring (bicyclic) bond motifs is 4. The van der Waals surface area contributed by atoms with E-state index < -0.39 is 0 Å². The average molecular weight is 360 g/mol. The minimum absolute atomic E-state index is 0. The number of pyridine rings is 1. The van der Waals surface area contributed by atoms with Gasteiger partial charge < -0.3 is 15.2 Å². The van der Waals surface area contributed by atoms with E-state index >= 15 is 0 Å². The molecule has 2 aliphatic rings. The molecule has 1 saturated heterocycles. The van der Waals surface area contributed by atoms with E-state index in [1.54, 1.807) is 6.07 Å². The van der Waals surface area contributed by atoms with Crippen molar-refractivity contribution >= 4 is 29.9 Å². The number of aromatic nitrogens is 1. The summed E-state index contributed by atoms with van der Waals surface area (Å²) in [7, 11) is 0. The SMILES string of the molecule is I.N=C(N)N1CC2CC(C1)c1cccc(=O)n1C2. The van der Waals surface area contributed by atoms with Gasteiger partial charge in [-0.05, 0) is 18.4 Å². The van der Waals surface area contributed by atoms with Gasteiger partial charge in [0.2, 0.25) is 0 Å². The molecule has 3 heterocycles. The van der Waals surface area contributed by atoms with Gasteiger partial charge in [-0.25, -0.2) is 0 Å². The van der Waals surface area contributed by atoms with Gasteiger partial charge in [-0.2, -0.15) is 0 Å². The van der Waals surface area contributed by atoms with E-state index in [9.17, 15) is 4.79 Å². The highest BCUT2D eigenvalue weighted by Gasteiger charge is 2.34. The van der Waals surface area contributed by atoms with Gasteiger partial charge in [-0.1, -0.05) is 6.07 Å². The van der Waals surface area contributed by atoms with E-state index in [-0.39, 0.29) is 35.5 Å². The fourth-order valence-corrected chi connectivity index (χ4v) is 3.09. The van der Waals surface area contributed by atoms with Gasteiger partial charge in [-0.15, -0.1) is 24.0 Å². The van der Waals surface area contributed by atoms with E-state index in [4.69, 9.17) is 11.1 Å². The van der Waals surface area contributed by atoms with Gasteiger partial charge in [0.05, 0.1) is 0 Å². The van der Waals surface area contributed by atoms with Crippen molar-refractivity contribution in [3.63, 3.8) is 0 Å². The molecule has 18 heavy (non-hydrogen) atoms. The number of halogens is 1. The molecule has 3 rings (SSSR count). The minimum Gasteiger partial charge on any atom is -0.370 e. The molecule has 2 bridgehead atoms. The Hall–Kier alpha value is -1.05. The zero-order valence-electron chi connectivity index (χ0n) is 10.0. The van der Waals surface area contributed by atoms with Crippen molar-refractivity contribution in [2.24, 2.45) is 11.7 Å². The zero-order chi connectivity index (χ0) is 12.0. The van der Waals surface area contributed by atoms with Crippen LogP contribution in [0.2, 0.25) is 0 Å². The number of guanidine groups is 1. The largest absolute Gasteiger partial charge is 0.370 e. The van der Waals surface area contributed by atoms with Crippen molar-refractivity contribution in [2.75, 3.05) is 13.1 Å². The number of hydrogen-bond donors (Lipinski definition) is 2. The first-order chi connectivity index (χ1) is 8.15. The summed E-state index contributed by atoms with van der Waals surface area (Å²) in [6.07, 6.45) is 1.10. The Morgan fingerprint density at radius 3 is 2.83 bits per heavy atom. The molecule has 6 heteroatoms. The number of nitrogens with zero attached hydrogens (tertiary/aromatic N) is 2. The van der Waals surface area contributed by atoms with E-state index in [0.717, 1.165) is 31.7 Å². The second kappa shape index (κ2) is 4.91. The standard InChI is InChI=1S/C12H16N4O.HI/c13-12(14)15-5-8-4-9(7-15)10-2-1-3-11(17)16(10)6-8;/h1-3,8-9H,4-7H2,(H3,13,14);1H. The highest BCUT2D eigenvalue weighted by atomic mass is 127. The molecule has 98 valence electrons. The van der Waals surface area contributed by atoms with Crippen LogP contribution in [-0.2, 0) is 6.54 Å². The number of nitrogens with one attached hydrogen (secondary N) is 1. The highest BCUT2D eigenvalue weighted by molar-refractivity contribution is 14.0. The highest BCUT2D eigenvalue weighted by Crippen LogP contribution is 2.34. The fraction of sp³-hybridized carbons (Fsp3) is 0.500. The summed E-state index contributed by atoms with van der Waals surface area (Å²) in [5.41, 5.74) is 6.75. The number of rotatable bonds is 0. The van der Waals surface area contributed by atoms with Crippen LogP contribution in [0.5, 0.6) is 0 Å². The molecule has 2 aliphatic heterocycles. The third kappa shape index (κ3) is 2.13. The van der Waals surface area contributed by atoms with Crippen LogP contribution >= 0.6 is 24.0 Å². The lowest BCUT2D eigenvalue weighted by Crippen LogP contribution is -2.50. The molecule has 3 N–H and O–H groups in total. The van der Waals surface area contributed by atoms with Gasteiger partial charge in [0.25, 0.3) is 5.56 Å². The van der Waals surface area contributed by atoms with Crippen LogP contribution in [0.25, 0.3) is 0 Å². The third-order valence-corrected chi connectivity index (χ3v) is 3.82.